The minimum absolute atomic E-state index is 0.0177. The van der Waals surface area contributed by atoms with E-state index in [1.807, 2.05) is 23.6 Å². The number of aliphatic hydroxyl groups excluding tert-OH is 1. The number of aryl methyl sites for hydroxylation is 3. The summed E-state index contributed by atoms with van der Waals surface area (Å²) in [6.45, 7) is 8.51. The molecule has 2 saturated heterocycles. The molecule has 1 N–H and O–H groups in total. The van der Waals surface area contributed by atoms with Gasteiger partial charge in [-0.2, -0.15) is 0 Å². The fourth-order valence-corrected chi connectivity index (χ4v) is 6.05. The van der Waals surface area contributed by atoms with E-state index >= 15 is 0 Å². The molecule has 26 heavy (non-hydrogen) atoms. The van der Waals surface area contributed by atoms with Crippen molar-refractivity contribution in [3.05, 3.63) is 34.4 Å². The van der Waals surface area contributed by atoms with Crippen molar-refractivity contribution in [2.24, 2.45) is 0 Å². The molecule has 3 rings (SSSR count). The second-order valence-corrected chi connectivity index (χ2v) is 9.84. The predicted molar refractivity (Wildman–Crippen MR) is 101 cm³/mol. The number of nitrogens with zero attached hydrogens (tertiary/aromatic N) is 2. The molecule has 2 atom stereocenters. The van der Waals surface area contributed by atoms with Crippen LogP contribution in [0.1, 0.15) is 22.3 Å². The number of sulfone groups is 1. The van der Waals surface area contributed by atoms with Crippen molar-refractivity contribution >= 4 is 15.7 Å². The number of carbonyl (C=O) groups excluding carboxylic acids is 1. The molecular formula is C19H28N2O4S. The number of amides is 1. The normalized spacial score (nSPS) is 26.2. The third-order valence-electron chi connectivity index (χ3n) is 5.60. The molecule has 0 bridgehead atoms. The van der Waals surface area contributed by atoms with Gasteiger partial charge >= 0.3 is 0 Å². The number of piperazine rings is 1. The lowest BCUT2D eigenvalue weighted by Gasteiger charge is -2.38. The molecule has 2 heterocycles. The van der Waals surface area contributed by atoms with Crippen molar-refractivity contribution in [2.45, 2.75) is 39.3 Å². The molecule has 1 amide bonds. The summed E-state index contributed by atoms with van der Waals surface area (Å²) in [6.07, 6.45) is -0.418. The van der Waals surface area contributed by atoms with Crippen LogP contribution in [0, 0.1) is 20.8 Å². The number of rotatable bonds is 3. The largest absolute Gasteiger partial charge is 0.390 e. The van der Waals surface area contributed by atoms with Gasteiger partial charge in [-0.15, -0.1) is 0 Å². The number of hydrogen-bond acceptors (Lipinski definition) is 5. The molecule has 2 aliphatic heterocycles. The standard InChI is InChI=1S/C19H28N2O4S/c1-13-8-14(2)16(15(3)9-13)10-19(23)21-6-4-20(5-7-21)17-11-26(24,25)12-18(17)22/h8-9,17-18,22H,4-7,10-12H2,1-3H3. The lowest BCUT2D eigenvalue weighted by molar-refractivity contribution is -0.132. The van der Waals surface area contributed by atoms with Crippen molar-refractivity contribution in [3.8, 4) is 0 Å². The molecule has 0 aromatic heterocycles. The van der Waals surface area contributed by atoms with Gasteiger partial charge in [0.15, 0.2) is 9.84 Å². The monoisotopic (exact) mass is 380 g/mol. The molecule has 0 radical (unpaired) electrons. The van der Waals surface area contributed by atoms with E-state index in [1.165, 1.54) is 5.56 Å². The Bertz CT molecular complexity index is 775. The molecule has 2 aliphatic rings. The van der Waals surface area contributed by atoms with Crippen LogP contribution in [0.25, 0.3) is 0 Å². The predicted octanol–water partition coefficient (Wildman–Crippen LogP) is 0.456. The summed E-state index contributed by atoms with van der Waals surface area (Å²) in [5.41, 5.74) is 4.60. The van der Waals surface area contributed by atoms with E-state index in [0.717, 1.165) is 16.7 Å². The first-order valence-corrected chi connectivity index (χ1v) is 11.0. The van der Waals surface area contributed by atoms with Gasteiger partial charge in [0, 0.05) is 26.2 Å². The van der Waals surface area contributed by atoms with E-state index in [1.54, 1.807) is 0 Å². The van der Waals surface area contributed by atoms with Gasteiger partial charge in [-0.1, -0.05) is 17.7 Å². The minimum atomic E-state index is -3.15. The molecule has 0 aliphatic carbocycles. The van der Waals surface area contributed by atoms with Crippen molar-refractivity contribution in [3.63, 3.8) is 0 Å². The highest BCUT2D eigenvalue weighted by molar-refractivity contribution is 7.91. The quantitative estimate of drug-likeness (QED) is 0.824. The maximum atomic E-state index is 12.7. The van der Waals surface area contributed by atoms with Gasteiger partial charge in [0.25, 0.3) is 0 Å². The number of carbonyl (C=O) groups is 1. The van der Waals surface area contributed by atoms with Crippen LogP contribution in [-0.4, -0.2) is 79.1 Å². The molecule has 1 aromatic carbocycles. The lowest BCUT2D eigenvalue weighted by Crippen LogP contribution is -2.55. The van der Waals surface area contributed by atoms with E-state index in [0.29, 0.717) is 32.6 Å². The number of aliphatic hydroxyl groups is 1. The second kappa shape index (κ2) is 7.29. The highest BCUT2D eigenvalue weighted by atomic mass is 32.2. The van der Waals surface area contributed by atoms with Gasteiger partial charge in [0.05, 0.1) is 30.1 Å². The molecule has 2 unspecified atom stereocenters. The van der Waals surface area contributed by atoms with Crippen LogP contribution in [0.5, 0.6) is 0 Å². The fraction of sp³-hybridized carbons (Fsp3) is 0.632. The van der Waals surface area contributed by atoms with Crippen LogP contribution in [-0.2, 0) is 21.1 Å². The minimum Gasteiger partial charge on any atom is -0.390 e. The summed E-state index contributed by atoms with van der Waals surface area (Å²) in [6, 6.07) is 3.88. The third kappa shape index (κ3) is 4.10. The van der Waals surface area contributed by atoms with Crippen molar-refractivity contribution in [2.75, 3.05) is 37.7 Å². The Balaban J connectivity index is 1.59. The van der Waals surface area contributed by atoms with Gasteiger partial charge < -0.3 is 10.0 Å². The van der Waals surface area contributed by atoms with Crippen LogP contribution < -0.4 is 0 Å². The topological polar surface area (TPSA) is 77.9 Å². The summed E-state index contributed by atoms with van der Waals surface area (Å²) in [5, 5.41) is 10.0. The molecule has 6 nitrogen and oxygen atoms in total. The first-order valence-electron chi connectivity index (χ1n) is 9.13. The summed E-state index contributed by atoms with van der Waals surface area (Å²) in [4.78, 5) is 16.6. The van der Waals surface area contributed by atoms with E-state index < -0.39 is 15.9 Å². The number of hydrogen-bond donors (Lipinski definition) is 1. The molecule has 7 heteroatoms. The van der Waals surface area contributed by atoms with Gasteiger partial charge in [-0.25, -0.2) is 8.42 Å². The highest BCUT2D eigenvalue weighted by Crippen LogP contribution is 2.21. The van der Waals surface area contributed by atoms with Crippen molar-refractivity contribution < 1.29 is 18.3 Å². The molecular weight excluding hydrogens is 352 g/mol. The smallest absolute Gasteiger partial charge is 0.227 e. The third-order valence-corrected chi connectivity index (χ3v) is 7.30. The molecule has 0 spiro atoms. The average molecular weight is 381 g/mol. The maximum absolute atomic E-state index is 12.7. The molecule has 144 valence electrons. The first kappa shape index (κ1) is 19.3. The van der Waals surface area contributed by atoms with Crippen LogP contribution >= 0.6 is 0 Å². The first-order chi connectivity index (χ1) is 12.2. The highest BCUT2D eigenvalue weighted by Gasteiger charge is 2.41. The maximum Gasteiger partial charge on any atom is 0.227 e. The Hall–Kier alpha value is -1.44. The number of benzene rings is 1. The van der Waals surface area contributed by atoms with Crippen molar-refractivity contribution in [1.82, 2.24) is 9.80 Å². The Labute approximate surface area is 155 Å². The van der Waals surface area contributed by atoms with E-state index in [-0.39, 0.29) is 23.5 Å². The lowest BCUT2D eigenvalue weighted by atomic mass is 9.97. The Morgan fingerprint density at radius 2 is 1.65 bits per heavy atom. The Morgan fingerprint density at radius 1 is 1.08 bits per heavy atom. The van der Waals surface area contributed by atoms with E-state index in [4.69, 9.17) is 0 Å². The average Bonchev–Trinajstić information content (AvgIpc) is 2.83. The van der Waals surface area contributed by atoms with Gasteiger partial charge in [-0.3, -0.25) is 9.69 Å². The van der Waals surface area contributed by atoms with Crippen molar-refractivity contribution in [1.29, 1.82) is 0 Å². The Kier molecular flexibility index (Phi) is 5.42. The van der Waals surface area contributed by atoms with E-state index in [9.17, 15) is 18.3 Å². The Morgan fingerprint density at radius 3 is 2.15 bits per heavy atom. The van der Waals surface area contributed by atoms with Crippen LogP contribution in [0.15, 0.2) is 12.1 Å². The van der Waals surface area contributed by atoms with E-state index in [2.05, 4.69) is 19.1 Å². The zero-order chi connectivity index (χ0) is 19.1. The molecule has 2 fully saturated rings. The van der Waals surface area contributed by atoms with Gasteiger partial charge in [0.1, 0.15) is 0 Å². The second-order valence-electron chi connectivity index (χ2n) is 7.68. The van der Waals surface area contributed by atoms with Crippen LogP contribution in [0.3, 0.4) is 0 Å². The van der Waals surface area contributed by atoms with Crippen LogP contribution in [0.2, 0.25) is 0 Å². The molecule has 0 saturated carbocycles. The summed E-state index contributed by atoms with van der Waals surface area (Å²) >= 11 is 0. The summed E-state index contributed by atoms with van der Waals surface area (Å²) in [7, 11) is -3.15. The van der Waals surface area contributed by atoms with Gasteiger partial charge in [-0.05, 0) is 37.5 Å². The SMILES string of the molecule is Cc1cc(C)c(CC(=O)N2CCN(C3CS(=O)(=O)CC3O)CC2)c(C)c1. The molecule has 1 aromatic rings. The zero-order valence-electron chi connectivity index (χ0n) is 15.7. The zero-order valence-corrected chi connectivity index (χ0v) is 16.6. The fourth-order valence-electron chi connectivity index (χ4n) is 4.21. The van der Waals surface area contributed by atoms with Gasteiger partial charge in [0.2, 0.25) is 5.91 Å². The summed E-state index contributed by atoms with van der Waals surface area (Å²) in [5.74, 6) is -0.0218. The van der Waals surface area contributed by atoms with Crippen LogP contribution in [0.4, 0.5) is 0 Å². The summed E-state index contributed by atoms with van der Waals surface area (Å²) < 4.78 is 23.4.